The Morgan fingerprint density at radius 1 is 0.900 bits per heavy atom. The van der Waals surface area contributed by atoms with E-state index in [1.165, 1.54) is 18.2 Å². The van der Waals surface area contributed by atoms with Gasteiger partial charge in [-0.1, -0.05) is 56.3 Å². The van der Waals surface area contributed by atoms with Crippen LogP contribution in [0, 0.1) is 12.7 Å². The van der Waals surface area contributed by atoms with Gasteiger partial charge >= 0.3 is 6.18 Å². The van der Waals surface area contributed by atoms with Crippen LogP contribution in [0.5, 0.6) is 0 Å². The molecular formula is C29H29F4N6P. The van der Waals surface area contributed by atoms with Gasteiger partial charge in [-0.15, -0.1) is 0 Å². The molecule has 40 heavy (non-hydrogen) atoms. The third kappa shape index (κ3) is 4.55. The molecule has 0 unspecified atom stereocenters. The predicted octanol–water partition coefficient (Wildman–Crippen LogP) is 7.69. The summed E-state index contributed by atoms with van der Waals surface area (Å²) in [5, 5.41) is 5.45. The Balaban J connectivity index is 1.96. The monoisotopic (exact) mass is 568 g/mol. The van der Waals surface area contributed by atoms with Crippen LogP contribution in [0.25, 0.3) is 5.69 Å². The summed E-state index contributed by atoms with van der Waals surface area (Å²) in [5.41, 5.74) is 0.524. The molecular weight excluding hydrogens is 539 g/mol. The van der Waals surface area contributed by atoms with Crippen LogP contribution < -0.4 is 5.30 Å². The van der Waals surface area contributed by atoms with Gasteiger partial charge in [0.15, 0.2) is 13.2 Å². The highest BCUT2D eigenvalue weighted by Gasteiger charge is 2.45. The molecule has 208 valence electrons. The number of aliphatic imine (C=N–C) groups is 1. The number of rotatable bonds is 6. The number of fused-ring (bicyclic) bond motifs is 1. The lowest BCUT2D eigenvalue weighted by Crippen LogP contribution is -2.42. The van der Waals surface area contributed by atoms with E-state index >= 15 is 4.39 Å². The molecule has 3 aromatic carbocycles. The fourth-order valence-corrected chi connectivity index (χ4v) is 9.01. The van der Waals surface area contributed by atoms with Crippen LogP contribution in [0.4, 0.5) is 29.1 Å². The first-order valence-corrected chi connectivity index (χ1v) is 14.6. The number of hydrogen-bond donors (Lipinski definition) is 0. The van der Waals surface area contributed by atoms with Gasteiger partial charge in [-0.25, -0.2) is 18.8 Å². The van der Waals surface area contributed by atoms with Crippen LogP contribution >= 0.6 is 7.36 Å². The fourth-order valence-electron chi connectivity index (χ4n) is 5.12. The zero-order valence-electron chi connectivity index (χ0n) is 22.6. The quantitative estimate of drug-likeness (QED) is 0.177. The van der Waals surface area contributed by atoms with Crippen LogP contribution in [0.1, 0.15) is 30.7 Å². The zero-order chi connectivity index (χ0) is 28.7. The summed E-state index contributed by atoms with van der Waals surface area (Å²) in [7, 11) is -1.53. The van der Waals surface area contributed by atoms with Crippen LogP contribution in [0.2, 0.25) is 0 Å². The first-order chi connectivity index (χ1) is 19.1. The highest BCUT2D eigenvalue weighted by atomic mass is 31.2. The fraction of sp³-hybridized carbons (Fsp3) is 0.241. The molecule has 0 saturated heterocycles. The van der Waals surface area contributed by atoms with Gasteiger partial charge in [0.1, 0.15) is 11.7 Å². The third-order valence-electron chi connectivity index (χ3n) is 6.94. The first-order valence-electron chi connectivity index (χ1n) is 12.9. The Morgan fingerprint density at radius 2 is 1.52 bits per heavy atom. The lowest BCUT2D eigenvalue weighted by atomic mass is 10.2. The van der Waals surface area contributed by atoms with Crippen LogP contribution in [-0.2, 0) is 6.18 Å². The van der Waals surface area contributed by atoms with Gasteiger partial charge < -0.3 is 4.67 Å². The second-order valence-corrected chi connectivity index (χ2v) is 12.2. The van der Waals surface area contributed by atoms with Crippen molar-refractivity contribution in [2.24, 2.45) is 9.74 Å². The minimum atomic E-state index is -4.61. The number of hydrogen-bond acceptors (Lipinski definition) is 3. The lowest BCUT2D eigenvalue weighted by Gasteiger charge is -2.45. The number of aryl methyl sites for hydroxylation is 1. The van der Waals surface area contributed by atoms with Crippen molar-refractivity contribution in [1.29, 1.82) is 0 Å². The van der Waals surface area contributed by atoms with Gasteiger partial charge in [0.05, 0.1) is 33.5 Å². The summed E-state index contributed by atoms with van der Waals surface area (Å²) < 4.78 is 68.5. The standard InChI is InChI=1S/C29H29F4N6P/c1-5-38(6-2)40(36-25-19-13-11-17-23(25)29(31,32)33)26-20(3)35-39(21-14-8-7-9-15-21)28(26)34-27(37(40)4)22-16-10-12-18-24(22)30/h7-19H,5-6H2,1-4H3/t40-/m0/s1. The molecule has 1 atom stereocenters. The summed E-state index contributed by atoms with van der Waals surface area (Å²) in [6.07, 6.45) is -4.61. The molecule has 0 bridgehead atoms. The minimum absolute atomic E-state index is 0.185. The van der Waals surface area contributed by atoms with Crippen molar-refractivity contribution >= 4 is 30.0 Å². The van der Waals surface area contributed by atoms with Crippen molar-refractivity contribution in [1.82, 2.24) is 19.1 Å². The van der Waals surface area contributed by atoms with Gasteiger partial charge in [0.2, 0.25) is 0 Å². The second-order valence-electron chi connectivity index (χ2n) is 9.27. The van der Waals surface area contributed by atoms with E-state index < -0.39 is 24.9 Å². The van der Waals surface area contributed by atoms with E-state index in [0.717, 1.165) is 11.8 Å². The van der Waals surface area contributed by atoms with Crippen molar-refractivity contribution in [2.75, 3.05) is 20.1 Å². The molecule has 4 aromatic rings. The number of para-hydroxylation sites is 1. The molecule has 1 aliphatic heterocycles. The Labute approximate surface area is 230 Å². The van der Waals surface area contributed by atoms with E-state index in [0.29, 0.717) is 29.9 Å². The summed E-state index contributed by atoms with van der Waals surface area (Å²) in [6.45, 7) is 6.66. The molecule has 2 heterocycles. The van der Waals surface area contributed by atoms with E-state index in [1.54, 1.807) is 40.7 Å². The number of nitrogens with zero attached hydrogens (tertiary/aromatic N) is 6. The number of amidine groups is 1. The average Bonchev–Trinajstić information content (AvgIpc) is 3.28. The van der Waals surface area contributed by atoms with Crippen molar-refractivity contribution in [3.05, 3.63) is 102 Å². The number of aromatic nitrogens is 2. The van der Waals surface area contributed by atoms with Crippen molar-refractivity contribution in [3.63, 3.8) is 0 Å². The largest absolute Gasteiger partial charge is 0.418 e. The van der Waals surface area contributed by atoms with Gasteiger partial charge in [0.25, 0.3) is 0 Å². The summed E-state index contributed by atoms with van der Waals surface area (Å²) in [6, 6.07) is 20.9. The van der Waals surface area contributed by atoms with E-state index in [4.69, 9.17) is 14.8 Å². The molecule has 0 amide bonds. The van der Waals surface area contributed by atoms with Crippen LogP contribution in [0.15, 0.2) is 88.6 Å². The predicted molar refractivity (Wildman–Crippen MR) is 152 cm³/mol. The van der Waals surface area contributed by atoms with E-state index in [-0.39, 0.29) is 17.1 Å². The van der Waals surface area contributed by atoms with E-state index in [9.17, 15) is 13.2 Å². The summed E-state index contributed by atoms with van der Waals surface area (Å²) in [4.78, 5) is 4.94. The van der Waals surface area contributed by atoms with Gasteiger partial charge in [0, 0.05) is 20.1 Å². The molecule has 6 nitrogen and oxygen atoms in total. The second kappa shape index (κ2) is 10.7. The molecule has 11 heteroatoms. The Morgan fingerprint density at radius 3 is 2.17 bits per heavy atom. The molecule has 0 fully saturated rings. The zero-order valence-corrected chi connectivity index (χ0v) is 23.5. The van der Waals surface area contributed by atoms with Gasteiger partial charge in [-0.05, 0) is 43.3 Å². The summed E-state index contributed by atoms with van der Waals surface area (Å²) in [5.74, 6) is 0.206. The normalized spacial score (nSPS) is 17.1. The molecule has 0 N–H and O–H groups in total. The molecule has 0 aliphatic carbocycles. The molecule has 1 aromatic heterocycles. The molecule has 0 spiro atoms. The number of alkyl halides is 3. The van der Waals surface area contributed by atoms with E-state index in [2.05, 4.69) is 4.67 Å². The Kier molecular flexibility index (Phi) is 7.42. The van der Waals surface area contributed by atoms with Gasteiger partial charge in [-0.2, -0.15) is 18.3 Å². The molecule has 1 aliphatic rings. The van der Waals surface area contributed by atoms with Crippen molar-refractivity contribution < 1.29 is 17.6 Å². The minimum Gasteiger partial charge on any atom is -0.310 e. The maximum absolute atomic E-state index is 15.3. The van der Waals surface area contributed by atoms with Crippen LogP contribution in [-0.4, -0.2) is 45.1 Å². The molecule has 5 rings (SSSR count). The highest BCUT2D eigenvalue weighted by Crippen LogP contribution is 2.62. The number of halogens is 4. The topological polar surface area (TPSA) is 49.0 Å². The average molecular weight is 569 g/mol. The summed E-state index contributed by atoms with van der Waals surface area (Å²) >= 11 is 0. The maximum atomic E-state index is 15.3. The molecule has 0 saturated carbocycles. The Hall–Kier alpha value is -3.75. The van der Waals surface area contributed by atoms with E-state index in [1.807, 2.05) is 51.1 Å². The van der Waals surface area contributed by atoms with Crippen molar-refractivity contribution in [3.8, 4) is 5.69 Å². The maximum Gasteiger partial charge on any atom is 0.418 e. The smallest absolute Gasteiger partial charge is 0.310 e. The number of benzene rings is 3. The SMILES string of the molecule is CCN(CC)[P@]1(=Nc2ccccc2C(F)(F)F)c2c(C)nn(-c3ccccc3)c2N=C(c2ccccc2F)N1C. The van der Waals surface area contributed by atoms with Gasteiger partial charge in [-0.3, -0.25) is 4.67 Å². The van der Waals surface area contributed by atoms with Crippen LogP contribution in [0.3, 0.4) is 0 Å². The highest BCUT2D eigenvalue weighted by molar-refractivity contribution is 7.70. The lowest BCUT2D eigenvalue weighted by molar-refractivity contribution is -0.137. The third-order valence-corrected chi connectivity index (χ3v) is 10.9. The molecule has 0 radical (unpaired) electrons. The first kappa shape index (κ1) is 27.8. The Bertz CT molecular complexity index is 1620. The van der Waals surface area contributed by atoms with Crippen molar-refractivity contribution in [2.45, 2.75) is 26.9 Å².